The standard InChI is InChI=1S/C10H14F3N3S/c1-14-7-2-3-16(5-7)6-9-15-4-8(17-9)10(11,12)13/h4,7,14H,2-3,5-6H2,1H3. The van der Waals surface area contributed by atoms with E-state index in [4.69, 9.17) is 0 Å². The van der Waals surface area contributed by atoms with E-state index in [9.17, 15) is 13.2 Å². The van der Waals surface area contributed by atoms with Gasteiger partial charge in [-0.2, -0.15) is 13.2 Å². The van der Waals surface area contributed by atoms with Crippen LogP contribution in [0.15, 0.2) is 6.20 Å². The van der Waals surface area contributed by atoms with Crippen LogP contribution in [0.3, 0.4) is 0 Å². The molecular formula is C10H14F3N3S. The molecule has 2 rings (SSSR count). The first kappa shape index (κ1) is 12.8. The van der Waals surface area contributed by atoms with Crippen LogP contribution < -0.4 is 5.32 Å². The van der Waals surface area contributed by atoms with Crippen molar-refractivity contribution in [2.45, 2.75) is 25.2 Å². The van der Waals surface area contributed by atoms with Crippen LogP contribution in [-0.2, 0) is 12.7 Å². The van der Waals surface area contributed by atoms with Gasteiger partial charge >= 0.3 is 6.18 Å². The Balaban J connectivity index is 1.94. The SMILES string of the molecule is CNC1CCN(Cc2ncc(C(F)(F)F)s2)C1. The summed E-state index contributed by atoms with van der Waals surface area (Å²) in [7, 11) is 1.90. The molecule has 1 fully saturated rings. The summed E-state index contributed by atoms with van der Waals surface area (Å²) in [5.41, 5.74) is 0. The van der Waals surface area contributed by atoms with Crippen LogP contribution in [0.5, 0.6) is 0 Å². The normalized spacial score (nSPS) is 22.2. The van der Waals surface area contributed by atoms with Crippen molar-refractivity contribution in [2.24, 2.45) is 0 Å². The highest BCUT2D eigenvalue weighted by Gasteiger charge is 2.33. The highest BCUT2D eigenvalue weighted by atomic mass is 32.1. The van der Waals surface area contributed by atoms with E-state index >= 15 is 0 Å². The lowest BCUT2D eigenvalue weighted by Gasteiger charge is -2.13. The number of nitrogens with one attached hydrogen (secondary N) is 1. The second-order valence-corrected chi connectivity index (χ2v) is 5.24. The second-order valence-electron chi connectivity index (χ2n) is 4.13. The predicted molar refractivity (Wildman–Crippen MR) is 59.9 cm³/mol. The van der Waals surface area contributed by atoms with E-state index in [1.165, 1.54) is 0 Å². The topological polar surface area (TPSA) is 28.2 Å². The average molecular weight is 265 g/mol. The van der Waals surface area contributed by atoms with Gasteiger partial charge in [0.2, 0.25) is 0 Å². The highest BCUT2D eigenvalue weighted by Crippen LogP contribution is 2.33. The first-order valence-electron chi connectivity index (χ1n) is 5.40. The zero-order valence-electron chi connectivity index (χ0n) is 9.42. The number of halogens is 3. The van der Waals surface area contributed by atoms with Crippen molar-refractivity contribution in [3.05, 3.63) is 16.1 Å². The molecule has 0 saturated carbocycles. The van der Waals surface area contributed by atoms with E-state index < -0.39 is 11.1 Å². The molecule has 17 heavy (non-hydrogen) atoms. The summed E-state index contributed by atoms with van der Waals surface area (Å²) >= 11 is 0.737. The van der Waals surface area contributed by atoms with Crippen LogP contribution in [0.1, 0.15) is 16.3 Å². The molecule has 0 spiro atoms. The minimum Gasteiger partial charge on any atom is -0.316 e. The van der Waals surface area contributed by atoms with Gasteiger partial charge in [0.05, 0.1) is 12.7 Å². The molecule has 1 aromatic heterocycles. The van der Waals surface area contributed by atoms with Gasteiger partial charge in [-0.25, -0.2) is 4.98 Å². The third-order valence-corrected chi connectivity index (χ3v) is 3.90. The van der Waals surface area contributed by atoms with Gasteiger partial charge in [-0.05, 0) is 13.5 Å². The first-order chi connectivity index (χ1) is 7.99. The number of aromatic nitrogens is 1. The van der Waals surface area contributed by atoms with Crippen molar-refractivity contribution in [1.82, 2.24) is 15.2 Å². The number of alkyl halides is 3. The van der Waals surface area contributed by atoms with Crippen LogP contribution in [0.2, 0.25) is 0 Å². The summed E-state index contributed by atoms with van der Waals surface area (Å²) in [6.07, 6.45) is -2.31. The molecule has 7 heteroatoms. The Morgan fingerprint density at radius 1 is 1.59 bits per heavy atom. The van der Waals surface area contributed by atoms with Crippen LogP contribution in [0.25, 0.3) is 0 Å². The van der Waals surface area contributed by atoms with Gasteiger partial charge in [0.15, 0.2) is 0 Å². The lowest BCUT2D eigenvalue weighted by Crippen LogP contribution is -2.29. The summed E-state index contributed by atoms with van der Waals surface area (Å²) in [6.45, 7) is 2.29. The summed E-state index contributed by atoms with van der Waals surface area (Å²) in [5.74, 6) is 0. The Morgan fingerprint density at radius 3 is 2.88 bits per heavy atom. The molecule has 1 saturated heterocycles. The molecule has 3 nitrogen and oxygen atoms in total. The number of hydrogen-bond acceptors (Lipinski definition) is 4. The van der Waals surface area contributed by atoms with Crippen molar-refractivity contribution in [3.8, 4) is 0 Å². The summed E-state index contributed by atoms with van der Waals surface area (Å²) < 4.78 is 37.1. The number of likely N-dealkylation sites (N-methyl/N-ethyl adjacent to an activating group) is 1. The Morgan fingerprint density at radius 2 is 2.35 bits per heavy atom. The fourth-order valence-corrected chi connectivity index (χ4v) is 2.75. The summed E-state index contributed by atoms with van der Waals surface area (Å²) in [6, 6.07) is 0.442. The molecule has 2 heterocycles. The largest absolute Gasteiger partial charge is 0.427 e. The fourth-order valence-electron chi connectivity index (χ4n) is 1.92. The van der Waals surface area contributed by atoms with E-state index in [0.29, 0.717) is 17.6 Å². The fraction of sp³-hybridized carbons (Fsp3) is 0.700. The Labute approximate surface area is 102 Å². The van der Waals surface area contributed by atoms with E-state index in [0.717, 1.165) is 37.0 Å². The van der Waals surface area contributed by atoms with Crippen molar-refractivity contribution in [2.75, 3.05) is 20.1 Å². The molecule has 1 aromatic rings. The lowest BCUT2D eigenvalue weighted by atomic mass is 10.3. The van der Waals surface area contributed by atoms with Crippen LogP contribution in [-0.4, -0.2) is 36.1 Å². The average Bonchev–Trinajstić information content (AvgIpc) is 2.86. The Bertz CT molecular complexity index is 377. The molecular weight excluding hydrogens is 251 g/mol. The van der Waals surface area contributed by atoms with Crippen LogP contribution in [0.4, 0.5) is 13.2 Å². The van der Waals surface area contributed by atoms with Crippen molar-refractivity contribution < 1.29 is 13.2 Å². The van der Waals surface area contributed by atoms with Crippen molar-refractivity contribution in [3.63, 3.8) is 0 Å². The molecule has 1 N–H and O–H groups in total. The number of hydrogen-bond donors (Lipinski definition) is 1. The molecule has 0 amide bonds. The van der Waals surface area contributed by atoms with Gasteiger partial charge < -0.3 is 5.32 Å². The molecule has 0 aliphatic carbocycles. The van der Waals surface area contributed by atoms with Crippen LogP contribution in [0, 0.1) is 0 Å². The number of likely N-dealkylation sites (tertiary alicyclic amines) is 1. The van der Waals surface area contributed by atoms with Gasteiger partial charge in [-0.1, -0.05) is 0 Å². The molecule has 1 aliphatic rings. The predicted octanol–water partition coefficient (Wildman–Crippen LogP) is 1.96. The van der Waals surface area contributed by atoms with Crippen molar-refractivity contribution in [1.29, 1.82) is 0 Å². The first-order valence-corrected chi connectivity index (χ1v) is 6.22. The number of thiazole rings is 1. The van der Waals surface area contributed by atoms with E-state index in [1.807, 2.05) is 7.05 Å². The summed E-state index contributed by atoms with van der Waals surface area (Å²) in [4.78, 5) is 5.34. The molecule has 1 unspecified atom stereocenters. The second kappa shape index (κ2) is 4.91. The molecule has 0 bridgehead atoms. The highest BCUT2D eigenvalue weighted by molar-refractivity contribution is 7.11. The zero-order chi connectivity index (χ0) is 12.5. The summed E-state index contributed by atoms with van der Waals surface area (Å²) in [5, 5.41) is 3.71. The van der Waals surface area contributed by atoms with E-state index in [2.05, 4.69) is 15.2 Å². The zero-order valence-corrected chi connectivity index (χ0v) is 10.2. The van der Waals surface area contributed by atoms with Gasteiger partial charge in [0, 0.05) is 19.1 Å². The monoisotopic (exact) mass is 265 g/mol. The van der Waals surface area contributed by atoms with E-state index in [1.54, 1.807) is 0 Å². The van der Waals surface area contributed by atoms with Crippen molar-refractivity contribution >= 4 is 11.3 Å². The molecule has 0 aromatic carbocycles. The number of nitrogens with zero attached hydrogens (tertiary/aromatic N) is 2. The van der Waals surface area contributed by atoms with E-state index in [-0.39, 0.29) is 0 Å². The third kappa shape index (κ3) is 3.17. The Kier molecular flexibility index (Phi) is 3.70. The Hall–Kier alpha value is -0.660. The smallest absolute Gasteiger partial charge is 0.316 e. The minimum absolute atomic E-state index is 0.442. The maximum atomic E-state index is 12.4. The molecule has 0 radical (unpaired) electrons. The number of rotatable bonds is 3. The van der Waals surface area contributed by atoms with Gasteiger partial charge in [-0.3, -0.25) is 4.90 Å². The minimum atomic E-state index is -4.27. The van der Waals surface area contributed by atoms with Gasteiger partial charge in [-0.15, -0.1) is 11.3 Å². The quantitative estimate of drug-likeness (QED) is 0.905. The maximum absolute atomic E-state index is 12.4. The van der Waals surface area contributed by atoms with Gasteiger partial charge in [0.25, 0.3) is 0 Å². The lowest BCUT2D eigenvalue weighted by molar-refractivity contribution is -0.134. The molecule has 96 valence electrons. The molecule has 1 atom stereocenters. The molecule has 1 aliphatic heterocycles. The van der Waals surface area contributed by atoms with Crippen LogP contribution >= 0.6 is 11.3 Å². The third-order valence-electron chi connectivity index (χ3n) is 2.87. The maximum Gasteiger partial charge on any atom is 0.427 e. The van der Waals surface area contributed by atoms with Gasteiger partial charge in [0.1, 0.15) is 9.88 Å².